The summed E-state index contributed by atoms with van der Waals surface area (Å²) in [6.07, 6.45) is 1.74. The monoisotopic (exact) mass is 180 g/mol. The molecule has 1 N–H and O–H groups in total. The van der Waals surface area contributed by atoms with Gasteiger partial charge in [0.15, 0.2) is 0 Å². The molecule has 0 atom stereocenters. The minimum absolute atomic E-state index is 0.284. The van der Waals surface area contributed by atoms with Gasteiger partial charge in [0.25, 0.3) is 0 Å². The molecule has 0 radical (unpaired) electrons. The fourth-order valence-electron chi connectivity index (χ4n) is 1.33. The lowest BCUT2D eigenvalue weighted by Crippen LogP contribution is -1.89. The third-order valence-electron chi connectivity index (χ3n) is 1.96. The van der Waals surface area contributed by atoms with Gasteiger partial charge in [-0.3, -0.25) is 4.68 Å². The van der Waals surface area contributed by atoms with Crippen LogP contribution >= 0.6 is 0 Å². The molecule has 0 saturated heterocycles. The number of hydrogen-bond donors (Lipinski definition) is 1. The van der Waals surface area contributed by atoms with Crippen LogP contribution in [0.2, 0.25) is 0 Å². The van der Waals surface area contributed by atoms with Gasteiger partial charge < -0.3 is 5.11 Å². The molecule has 0 aliphatic heterocycles. The molecule has 0 spiro atoms. The molecule has 1 aromatic heterocycles. The number of aromatic nitrogens is 2. The zero-order valence-electron chi connectivity index (χ0n) is 7.16. The second-order valence-corrected chi connectivity index (χ2v) is 2.96. The minimum atomic E-state index is -0.386. The average molecular weight is 180 g/mol. The molecule has 0 fully saturated rings. The van der Waals surface area contributed by atoms with Gasteiger partial charge in [-0.2, -0.15) is 5.10 Å². The van der Waals surface area contributed by atoms with E-state index in [9.17, 15) is 4.39 Å². The Balaban J connectivity index is 2.72. The quantitative estimate of drug-likeness (QED) is 0.716. The van der Waals surface area contributed by atoms with Crippen molar-refractivity contribution in [2.24, 2.45) is 7.05 Å². The summed E-state index contributed by atoms with van der Waals surface area (Å²) in [5.74, 6) is -0.386. The van der Waals surface area contributed by atoms with Crippen LogP contribution in [-0.4, -0.2) is 14.9 Å². The lowest BCUT2D eigenvalue weighted by Gasteiger charge is -1.97. The molecule has 1 heterocycles. The maximum absolute atomic E-state index is 13.1. The van der Waals surface area contributed by atoms with E-state index < -0.39 is 0 Å². The van der Waals surface area contributed by atoms with E-state index in [4.69, 9.17) is 5.11 Å². The molecule has 13 heavy (non-hydrogen) atoms. The molecule has 4 heteroatoms. The number of aliphatic hydroxyl groups excluding tert-OH is 1. The molecular weight excluding hydrogens is 171 g/mol. The maximum atomic E-state index is 13.1. The first-order chi connectivity index (χ1) is 6.20. The number of aliphatic hydroxyl groups is 1. The summed E-state index contributed by atoms with van der Waals surface area (Å²) in [4.78, 5) is 0. The van der Waals surface area contributed by atoms with Gasteiger partial charge in [-0.1, -0.05) is 0 Å². The van der Waals surface area contributed by atoms with Crippen molar-refractivity contribution in [3.05, 3.63) is 29.7 Å². The Hall–Kier alpha value is -1.42. The first-order valence-electron chi connectivity index (χ1n) is 3.93. The van der Waals surface area contributed by atoms with E-state index in [1.165, 1.54) is 6.07 Å². The Morgan fingerprint density at radius 1 is 1.54 bits per heavy atom. The molecule has 3 nitrogen and oxygen atoms in total. The van der Waals surface area contributed by atoms with E-state index in [0.717, 1.165) is 5.39 Å². The molecule has 2 aromatic rings. The highest BCUT2D eigenvalue weighted by molar-refractivity contribution is 5.78. The number of nitrogens with zero attached hydrogens (tertiary/aromatic N) is 2. The highest BCUT2D eigenvalue weighted by Gasteiger charge is 2.05. The topological polar surface area (TPSA) is 38.0 Å². The van der Waals surface area contributed by atoms with Gasteiger partial charge in [0, 0.05) is 24.2 Å². The number of halogens is 1. The number of aryl methyl sites for hydroxylation is 1. The zero-order valence-corrected chi connectivity index (χ0v) is 7.16. The summed E-state index contributed by atoms with van der Waals surface area (Å²) in [6.45, 7) is -0.293. The van der Waals surface area contributed by atoms with Crippen molar-refractivity contribution in [3.8, 4) is 0 Å². The second kappa shape index (κ2) is 2.81. The van der Waals surface area contributed by atoms with E-state index >= 15 is 0 Å². The second-order valence-electron chi connectivity index (χ2n) is 2.96. The van der Waals surface area contributed by atoms with Crippen molar-refractivity contribution in [2.45, 2.75) is 6.61 Å². The summed E-state index contributed by atoms with van der Waals surface area (Å²) < 4.78 is 14.7. The third-order valence-corrected chi connectivity index (χ3v) is 1.96. The number of benzene rings is 1. The maximum Gasteiger partial charge on any atom is 0.129 e. The lowest BCUT2D eigenvalue weighted by molar-refractivity contribution is 0.276. The highest BCUT2D eigenvalue weighted by atomic mass is 19.1. The van der Waals surface area contributed by atoms with E-state index in [2.05, 4.69) is 5.10 Å². The summed E-state index contributed by atoms with van der Waals surface area (Å²) in [6, 6.07) is 2.94. The average Bonchev–Trinajstić information content (AvgIpc) is 2.42. The number of fused-ring (bicyclic) bond motifs is 1. The van der Waals surface area contributed by atoms with Crippen molar-refractivity contribution in [2.75, 3.05) is 0 Å². The van der Waals surface area contributed by atoms with E-state index in [1.807, 2.05) is 0 Å². The molecule has 0 unspecified atom stereocenters. The van der Waals surface area contributed by atoms with E-state index in [-0.39, 0.29) is 18.0 Å². The van der Waals surface area contributed by atoms with Crippen molar-refractivity contribution in [1.82, 2.24) is 9.78 Å². The van der Waals surface area contributed by atoms with Crippen molar-refractivity contribution in [1.29, 1.82) is 0 Å². The summed E-state index contributed by atoms with van der Waals surface area (Å²) in [7, 11) is 1.77. The van der Waals surface area contributed by atoms with Gasteiger partial charge in [0.05, 0.1) is 12.1 Å². The van der Waals surface area contributed by atoms with Crippen LogP contribution in [0.15, 0.2) is 18.3 Å². The third kappa shape index (κ3) is 1.29. The van der Waals surface area contributed by atoms with Gasteiger partial charge in [-0.25, -0.2) is 4.39 Å². The van der Waals surface area contributed by atoms with Crippen LogP contribution in [0.1, 0.15) is 5.56 Å². The molecule has 0 saturated carbocycles. The molecule has 68 valence electrons. The van der Waals surface area contributed by atoms with Crippen molar-refractivity contribution in [3.63, 3.8) is 0 Å². The van der Waals surface area contributed by atoms with Gasteiger partial charge in [-0.05, 0) is 12.1 Å². The Morgan fingerprint density at radius 3 is 3.00 bits per heavy atom. The van der Waals surface area contributed by atoms with Gasteiger partial charge >= 0.3 is 0 Å². The molecule has 0 bridgehead atoms. The van der Waals surface area contributed by atoms with Crippen molar-refractivity contribution < 1.29 is 9.50 Å². The standard InChI is InChI=1S/C9H9FN2O/c1-12-4-6-2-8(10)7(5-13)3-9(6)11-12/h2-4,13H,5H2,1H3. The van der Waals surface area contributed by atoms with Gasteiger partial charge in [0.1, 0.15) is 5.82 Å². The predicted molar refractivity (Wildman–Crippen MR) is 46.6 cm³/mol. The zero-order chi connectivity index (χ0) is 9.42. The van der Waals surface area contributed by atoms with Crippen LogP contribution in [0.25, 0.3) is 10.9 Å². The van der Waals surface area contributed by atoms with Crippen LogP contribution in [0, 0.1) is 5.82 Å². The molecule has 0 amide bonds. The lowest BCUT2D eigenvalue weighted by atomic mass is 10.1. The molecule has 1 aromatic carbocycles. The van der Waals surface area contributed by atoms with E-state index in [0.29, 0.717) is 5.52 Å². The molecule has 2 rings (SSSR count). The Morgan fingerprint density at radius 2 is 2.31 bits per heavy atom. The first-order valence-corrected chi connectivity index (χ1v) is 3.93. The van der Waals surface area contributed by atoms with Crippen LogP contribution in [0.5, 0.6) is 0 Å². The first kappa shape index (κ1) is 8.19. The van der Waals surface area contributed by atoms with Crippen LogP contribution < -0.4 is 0 Å². The number of hydrogen-bond acceptors (Lipinski definition) is 2. The van der Waals surface area contributed by atoms with Crippen LogP contribution in [0.4, 0.5) is 4.39 Å². The van der Waals surface area contributed by atoms with E-state index in [1.54, 1.807) is 24.0 Å². The Bertz CT molecular complexity index is 450. The van der Waals surface area contributed by atoms with Crippen molar-refractivity contribution >= 4 is 10.9 Å². The van der Waals surface area contributed by atoms with Gasteiger partial charge in [-0.15, -0.1) is 0 Å². The summed E-state index contributed by atoms with van der Waals surface area (Å²) >= 11 is 0. The predicted octanol–water partition coefficient (Wildman–Crippen LogP) is 1.20. The largest absolute Gasteiger partial charge is 0.392 e. The van der Waals surface area contributed by atoms with Gasteiger partial charge in [0.2, 0.25) is 0 Å². The molecule has 0 aliphatic rings. The fourth-order valence-corrected chi connectivity index (χ4v) is 1.33. The molecule has 0 aliphatic carbocycles. The highest BCUT2D eigenvalue weighted by Crippen LogP contribution is 2.17. The Labute approximate surface area is 74.4 Å². The normalized spacial score (nSPS) is 11.0. The molecular formula is C9H9FN2O. The summed E-state index contributed by atoms with van der Waals surface area (Å²) in [5, 5.41) is 13.7. The fraction of sp³-hybridized carbons (Fsp3) is 0.222. The Kier molecular flexibility index (Phi) is 1.77. The number of rotatable bonds is 1. The minimum Gasteiger partial charge on any atom is -0.392 e. The smallest absolute Gasteiger partial charge is 0.129 e. The summed E-state index contributed by atoms with van der Waals surface area (Å²) in [5.41, 5.74) is 0.985. The SMILES string of the molecule is Cn1cc2cc(F)c(CO)cc2n1. The van der Waals surface area contributed by atoms with Crippen LogP contribution in [0.3, 0.4) is 0 Å². The van der Waals surface area contributed by atoms with Crippen LogP contribution in [-0.2, 0) is 13.7 Å².